The highest BCUT2D eigenvalue weighted by Crippen LogP contribution is 2.40. The summed E-state index contributed by atoms with van der Waals surface area (Å²) in [5.74, 6) is -0.902. The Kier molecular flexibility index (Phi) is 7.01. The van der Waals surface area contributed by atoms with Crippen LogP contribution in [0.1, 0.15) is 12.6 Å². The van der Waals surface area contributed by atoms with E-state index in [2.05, 4.69) is 21.4 Å². The summed E-state index contributed by atoms with van der Waals surface area (Å²) in [5, 5.41) is 16.8. The lowest BCUT2D eigenvalue weighted by atomic mass is 10.0. The molecule has 2 unspecified atom stereocenters. The Hall–Kier alpha value is -3.57. The fourth-order valence-corrected chi connectivity index (χ4v) is 4.80. The molecule has 0 aromatic carbocycles. The number of nitrogens with two attached hydrogens (primary N) is 1. The Bertz CT molecular complexity index is 1070. The Morgan fingerprint density at radius 1 is 1.50 bits per heavy atom. The van der Waals surface area contributed by atoms with Gasteiger partial charge in [0.25, 0.3) is 11.8 Å². The summed E-state index contributed by atoms with van der Waals surface area (Å²) >= 11 is 2.31. The number of hydrogen-bond acceptors (Lipinski definition) is 11. The molecule has 1 fully saturated rings. The summed E-state index contributed by atoms with van der Waals surface area (Å²) in [6.07, 6.45) is 5.11. The van der Waals surface area contributed by atoms with E-state index in [0.29, 0.717) is 0 Å². The number of nitrogens with zero attached hydrogens (tertiary/aromatic N) is 3. The van der Waals surface area contributed by atoms with Gasteiger partial charge in [-0.15, -0.1) is 29.5 Å². The highest BCUT2D eigenvalue weighted by Gasteiger charge is 2.54. The number of carbonyl (C=O) groups is 4. The number of nitrogen functional groups attached to an aromatic ring is 1. The predicted octanol–water partition coefficient (Wildman–Crippen LogP) is -0.619. The monoisotopic (exact) mass is 479 g/mol. The van der Waals surface area contributed by atoms with Crippen molar-refractivity contribution in [3.63, 3.8) is 0 Å². The zero-order valence-electron chi connectivity index (χ0n) is 16.6. The standard InChI is InChI=1S/C18H17N5O7S2/c1-3-4-30-22-11(10-7-32-18(19)20-10)14(25)21-12-15(26)23-13(17(27)28)9(5-29-8(2)24)6-31-16(12)23/h1,7,12,16H,4-6H2,2H3,(H2,19,20)(H,21,25)(H,27,28)/b22-11-. The number of carboxylic acid groups (broad SMARTS) is 1. The number of amides is 2. The molecule has 2 aliphatic heterocycles. The Balaban J connectivity index is 1.78. The minimum Gasteiger partial charge on any atom is -0.477 e. The first-order chi connectivity index (χ1) is 15.2. The molecule has 1 aromatic heterocycles. The zero-order valence-corrected chi connectivity index (χ0v) is 18.2. The van der Waals surface area contributed by atoms with Gasteiger partial charge in [0.15, 0.2) is 17.5 Å². The molecule has 1 saturated heterocycles. The number of esters is 1. The second kappa shape index (κ2) is 9.71. The van der Waals surface area contributed by atoms with Crippen molar-refractivity contribution in [2.45, 2.75) is 18.3 Å². The van der Waals surface area contributed by atoms with E-state index in [1.807, 2.05) is 0 Å². The maximum atomic E-state index is 12.8. The van der Waals surface area contributed by atoms with Crippen molar-refractivity contribution >= 4 is 57.7 Å². The molecule has 14 heteroatoms. The number of ether oxygens (including phenoxy) is 1. The topological polar surface area (TPSA) is 174 Å². The first-order valence-electron chi connectivity index (χ1n) is 8.93. The number of rotatable bonds is 8. The maximum Gasteiger partial charge on any atom is 0.352 e. The largest absolute Gasteiger partial charge is 0.477 e. The summed E-state index contributed by atoms with van der Waals surface area (Å²) < 4.78 is 4.88. The third-order valence-corrected chi connectivity index (χ3v) is 6.28. The first-order valence-corrected chi connectivity index (χ1v) is 10.9. The van der Waals surface area contributed by atoms with Gasteiger partial charge in [-0.3, -0.25) is 19.3 Å². The van der Waals surface area contributed by atoms with Crippen molar-refractivity contribution < 1.29 is 33.9 Å². The highest BCUT2D eigenvalue weighted by molar-refractivity contribution is 8.00. The van der Waals surface area contributed by atoms with Crippen LogP contribution in [0.2, 0.25) is 0 Å². The Morgan fingerprint density at radius 2 is 2.25 bits per heavy atom. The predicted molar refractivity (Wildman–Crippen MR) is 114 cm³/mol. The SMILES string of the molecule is C#CCO/N=C(\C(=O)NC1C(=O)N2C(C(=O)O)=C(COC(C)=O)CSC12)c1csc(N)n1. The molecular weight excluding hydrogens is 462 g/mol. The van der Waals surface area contributed by atoms with E-state index in [0.717, 1.165) is 16.2 Å². The van der Waals surface area contributed by atoms with Crippen molar-refractivity contribution in [3.05, 3.63) is 22.3 Å². The van der Waals surface area contributed by atoms with Gasteiger partial charge in [0.05, 0.1) is 0 Å². The lowest BCUT2D eigenvalue weighted by Gasteiger charge is -2.49. The van der Waals surface area contributed by atoms with Gasteiger partial charge < -0.3 is 25.7 Å². The quantitative estimate of drug-likeness (QED) is 0.109. The molecule has 32 heavy (non-hydrogen) atoms. The molecule has 2 atom stereocenters. The number of fused-ring (bicyclic) bond motifs is 1. The number of aliphatic carboxylic acids is 1. The van der Waals surface area contributed by atoms with Crippen LogP contribution in [0.5, 0.6) is 0 Å². The number of hydrogen-bond donors (Lipinski definition) is 3. The van der Waals surface area contributed by atoms with Crippen LogP contribution in [0.25, 0.3) is 0 Å². The van der Waals surface area contributed by atoms with Crippen molar-refractivity contribution in [2.75, 3.05) is 24.7 Å². The van der Waals surface area contributed by atoms with Gasteiger partial charge in [-0.05, 0) is 0 Å². The molecule has 168 valence electrons. The zero-order chi connectivity index (χ0) is 23.4. The van der Waals surface area contributed by atoms with Crippen molar-refractivity contribution in [1.82, 2.24) is 15.2 Å². The van der Waals surface area contributed by atoms with Crippen molar-refractivity contribution in [3.8, 4) is 12.3 Å². The van der Waals surface area contributed by atoms with Crippen LogP contribution in [-0.2, 0) is 28.8 Å². The average Bonchev–Trinajstić information content (AvgIpc) is 3.18. The first kappa shape index (κ1) is 23.1. The lowest BCUT2D eigenvalue weighted by molar-refractivity contribution is -0.150. The average molecular weight is 479 g/mol. The van der Waals surface area contributed by atoms with Gasteiger partial charge in [0.1, 0.15) is 29.4 Å². The summed E-state index contributed by atoms with van der Waals surface area (Å²) in [4.78, 5) is 58.3. The van der Waals surface area contributed by atoms with Crippen molar-refractivity contribution in [1.29, 1.82) is 0 Å². The van der Waals surface area contributed by atoms with Gasteiger partial charge in [-0.2, -0.15) is 0 Å². The fraction of sp³-hybridized carbons (Fsp3) is 0.333. The molecule has 0 spiro atoms. The molecular formula is C18H17N5O7S2. The number of β-lactam (4-membered cyclic amide) rings is 1. The Morgan fingerprint density at radius 3 is 2.84 bits per heavy atom. The minimum atomic E-state index is -1.33. The molecule has 3 heterocycles. The summed E-state index contributed by atoms with van der Waals surface area (Å²) in [7, 11) is 0. The molecule has 2 amide bonds. The third-order valence-electron chi connectivity index (χ3n) is 4.27. The van der Waals surface area contributed by atoms with E-state index >= 15 is 0 Å². The maximum absolute atomic E-state index is 12.8. The molecule has 3 rings (SSSR count). The number of thioether (sulfide) groups is 1. The molecule has 4 N–H and O–H groups in total. The molecule has 0 saturated carbocycles. The highest BCUT2D eigenvalue weighted by atomic mass is 32.2. The second-order valence-corrected chi connectivity index (χ2v) is 8.38. The van der Waals surface area contributed by atoms with E-state index in [1.165, 1.54) is 24.1 Å². The number of nitrogens with one attached hydrogen (secondary N) is 1. The molecule has 2 aliphatic rings. The molecule has 0 bridgehead atoms. The number of oxime groups is 1. The van der Waals surface area contributed by atoms with Gasteiger partial charge in [0, 0.05) is 23.6 Å². The van der Waals surface area contributed by atoms with E-state index in [4.69, 9.17) is 21.7 Å². The number of carboxylic acids is 1. The minimum absolute atomic E-state index is 0.136. The lowest BCUT2D eigenvalue weighted by Crippen LogP contribution is -2.71. The molecule has 0 radical (unpaired) electrons. The van der Waals surface area contributed by atoms with Crippen LogP contribution in [0.3, 0.4) is 0 Å². The van der Waals surface area contributed by atoms with E-state index < -0.39 is 35.2 Å². The van der Waals surface area contributed by atoms with E-state index in [-0.39, 0.29) is 46.8 Å². The van der Waals surface area contributed by atoms with E-state index in [1.54, 1.807) is 0 Å². The number of terminal acetylenes is 1. The summed E-state index contributed by atoms with van der Waals surface area (Å²) in [6, 6.07) is -1.01. The molecule has 1 aromatic rings. The van der Waals surface area contributed by atoms with Gasteiger partial charge in [0.2, 0.25) is 0 Å². The van der Waals surface area contributed by atoms with Gasteiger partial charge in [-0.1, -0.05) is 11.1 Å². The van der Waals surface area contributed by atoms with E-state index in [9.17, 15) is 24.3 Å². The number of anilines is 1. The van der Waals surface area contributed by atoms with Crippen LogP contribution in [0.4, 0.5) is 5.13 Å². The van der Waals surface area contributed by atoms with Crippen LogP contribution in [0.15, 0.2) is 21.8 Å². The molecule has 12 nitrogen and oxygen atoms in total. The van der Waals surface area contributed by atoms with Gasteiger partial charge >= 0.3 is 11.9 Å². The van der Waals surface area contributed by atoms with Gasteiger partial charge in [-0.25, -0.2) is 9.78 Å². The van der Waals surface area contributed by atoms with Crippen LogP contribution in [0, 0.1) is 12.3 Å². The van der Waals surface area contributed by atoms with Crippen LogP contribution in [-0.4, -0.2) is 74.8 Å². The molecule has 0 aliphatic carbocycles. The van der Waals surface area contributed by atoms with Crippen LogP contribution >= 0.6 is 23.1 Å². The Labute approximate surface area is 189 Å². The summed E-state index contributed by atoms with van der Waals surface area (Å²) in [6.45, 7) is 0.761. The smallest absolute Gasteiger partial charge is 0.352 e. The fourth-order valence-electron chi connectivity index (χ4n) is 2.93. The third kappa shape index (κ3) is 4.68. The number of thiazole rings is 1. The summed E-state index contributed by atoms with van der Waals surface area (Å²) in [5.41, 5.74) is 5.54. The number of aromatic nitrogens is 1. The van der Waals surface area contributed by atoms with Crippen molar-refractivity contribution in [2.24, 2.45) is 5.16 Å². The second-order valence-electron chi connectivity index (χ2n) is 6.39. The van der Waals surface area contributed by atoms with Crippen LogP contribution < -0.4 is 11.1 Å². The normalized spacial score (nSPS) is 20.1. The number of carbonyl (C=O) groups excluding carboxylic acids is 3.